The van der Waals surface area contributed by atoms with Gasteiger partial charge in [-0.05, 0) is 51.0 Å². The van der Waals surface area contributed by atoms with Gasteiger partial charge in [0.25, 0.3) is 5.91 Å². The van der Waals surface area contributed by atoms with Crippen LogP contribution in [0, 0.1) is 13.8 Å². The topological polar surface area (TPSA) is 59.3 Å². The van der Waals surface area contributed by atoms with E-state index in [1.165, 1.54) is 0 Å². The molecule has 124 valence electrons. The van der Waals surface area contributed by atoms with Crippen molar-refractivity contribution in [2.75, 3.05) is 0 Å². The number of nitrogens with one attached hydrogen (secondary N) is 1. The van der Waals surface area contributed by atoms with Crippen molar-refractivity contribution in [2.45, 2.75) is 33.2 Å². The zero-order chi connectivity index (χ0) is 17.3. The van der Waals surface area contributed by atoms with E-state index >= 15 is 0 Å². The van der Waals surface area contributed by atoms with Crippen molar-refractivity contribution in [3.63, 3.8) is 0 Å². The normalized spacial score (nSPS) is 12.3. The fourth-order valence-electron chi connectivity index (χ4n) is 2.80. The first-order chi connectivity index (χ1) is 11.4. The van der Waals surface area contributed by atoms with Gasteiger partial charge in [-0.25, -0.2) is 9.50 Å². The number of amides is 1. The lowest BCUT2D eigenvalue weighted by molar-refractivity contribution is 0.0941. The second kappa shape index (κ2) is 6.61. The standard InChI is InChI=1S/C18H19ClN4O/c1-11-7-13(3)23-17(21-11)16(10-20-23)18(24)22-12(2)8-14-5-4-6-15(19)9-14/h4-7,9-10,12H,8H2,1-3H3,(H,22,24)/t12-/m1/s1. The molecular formula is C18H19ClN4O. The Morgan fingerprint density at radius 1 is 1.33 bits per heavy atom. The number of nitrogens with zero attached hydrogens (tertiary/aromatic N) is 3. The molecule has 1 aromatic carbocycles. The maximum Gasteiger partial charge on any atom is 0.256 e. The molecule has 0 fully saturated rings. The minimum atomic E-state index is -0.169. The maximum absolute atomic E-state index is 12.6. The van der Waals surface area contributed by atoms with E-state index in [1.54, 1.807) is 10.7 Å². The molecule has 5 nitrogen and oxygen atoms in total. The van der Waals surface area contributed by atoms with Crippen molar-refractivity contribution in [1.29, 1.82) is 0 Å². The fourth-order valence-corrected chi connectivity index (χ4v) is 3.01. The van der Waals surface area contributed by atoms with Gasteiger partial charge in [0.1, 0.15) is 5.56 Å². The van der Waals surface area contributed by atoms with Crippen LogP contribution >= 0.6 is 11.6 Å². The average molecular weight is 343 g/mol. The van der Waals surface area contributed by atoms with E-state index < -0.39 is 0 Å². The number of aryl methyl sites for hydroxylation is 2. The van der Waals surface area contributed by atoms with Crippen LogP contribution in [0.1, 0.15) is 34.2 Å². The Morgan fingerprint density at radius 2 is 2.12 bits per heavy atom. The molecule has 6 heteroatoms. The number of fused-ring (bicyclic) bond motifs is 1. The average Bonchev–Trinajstić information content (AvgIpc) is 2.91. The molecule has 0 aliphatic heterocycles. The number of hydrogen-bond acceptors (Lipinski definition) is 3. The van der Waals surface area contributed by atoms with E-state index in [2.05, 4.69) is 15.4 Å². The Morgan fingerprint density at radius 3 is 2.88 bits per heavy atom. The van der Waals surface area contributed by atoms with Crippen molar-refractivity contribution >= 4 is 23.2 Å². The number of rotatable bonds is 4. The van der Waals surface area contributed by atoms with Gasteiger partial charge in [-0.1, -0.05) is 23.7 Å². The molecule has 0 spiro atoms. The molecule has 0 radical (unpaired) electrons. The minimum absolute atomic E-state index is 0.0307. The summed E-state index contributed by atoms with van der Waals surface area (Å²) in [6.07, 6.45) is 2.27. The van der Waals surface area contributed by atoms with Crippen molar-refractivity contribution in [1.82, 2.24) is 19.9 Å². The zero-order valence-electron chi connectivity index (χ0n) is 13.9. The molecule has 0 saturated carbocycles. The van der Waals surface area contributed by atoms with Crippen molar-refractivity contribution in [3.05, 3.63) is 64.1 Å². The Bertz CT molecular complexity index is 903. The first-order valence-corrected chi connectivity index (χ1v) is 8.19. The van der Waals surface area contributed by atoms with E-state index in [9.17, 15) is 4.79 Å². The summed E-state index contributed by atoms with van der Waals surface area (Å²) in [7, 11) is 0. The van der Waals surface area contributed by atoms with E-state index in [4.69, 9.17) is 11.6 Å². The number of benzene rings is 1. The summed E-state index contributed by atoms with van der Waals surface area (Å²) in [4.78, 5) is 17.0. The summed E-state index contributed by atoms with van der Waals surface area (Å²) in [5, 5.41) is 7.96. The number of hydrogen-bond donors (Lipinski definition) is 1. The van der Waals surface area contributed by atoms with Crippen molar-refractivity contribution < 1.29 is 4.79 Å². The molecule has 1 atom stereocenters. The third-order valence-electron chi connectivity index (χ3n) is 3.83. The van der Waals surface area contributed by atoms with Gasteiger partial charge in [0, 0.05) is 22.5 Å². The molecule has 1 amide bonds. The molecule has 3 rings (SSSR count). The molecule has 3 aromatic rings. The number of carbonyl (C=O) groups is 1. The highest BCUT2D eigenvalue weighted by atomic mass is 35.5. The Kier molecular flexibility index (Phi) is 4.53. The molecule has 1 N–H and O–H groups in total. The van der Waals surface area contributed by atoms with Gasteiger partial charge < -0.3 is 5.32 Å². The first-order valence-electron chi connectivity index (χ1n) is 7.81. The van der Waals surface area contributed by atoms with Gasteiger partial charge in [-0.2, -0.15) is 5.10 Å². The van der Waals surface area contributed by atoms with Crippen LogP contribution in [-0.4, -0.2) is 26.5 Å². The summed E-state index contributed by atoms with van der Waals surface area (Å²) >= 11 is 6.00. The Balaban J connectivity index is 1.77. The van der Waals surface area contributed by atoms with Crippen molar-refractivity contribution in [2.24, 2.45) is 0 Å². The van der Waals surface area contributed by atoms with Crippen LogP contribution < -0.4 is 5.32 Å². The van der Waals surface area contributed by atoms with Crippen LogP contribution in [0.15, 0.2) is 36.5 Å². The van der Waals surface area contributed by atoms with Crippen LogP contribution in [0.25, 0.3) is 5.65 Å². The largest absolute Gasteiger partial charge is 0.349 e. The molecule has 0 saturated heterocycles. The van der Waals surface area contributed by atoms with E-state index in [0.717, 1.165) is 17.0 Å². The zero-order valence-corrected chi connectivity index (χ0v) is 14.6. The Hall–Kier alpha value is -2.40. The molecule has 2 aromatic heterocycles. The number of halogens is 1. The van der Waals surface area contributed by atoms with Crippen molar-refractivity contribution in [3.8, 4) is 0 Å². The van der Waals surface area contributed by atoms with E-state index in [0.29, 0.717) is 22.7 Å². The monoisotopic (exact) mass is 342 g/mol. The highest BCUT2D eigenvalue weighted by Gasteiger charge is 2.17. The third kappa shape index (κ3) is 3.41. The second-order valence-corrected chi connectivity index (χ2v) is 6.48. The SMILES string of the molecule is Cc1cc(C)n2ncc(C(=O)N[C@H](C)Cc3cccc(Cl)c3)c2n1. The lowest BCUT2D eigenvalue weighted by Crippen LogP contribution is -2.34. The maximum atomic E-state index is 12.6. The van der Waals surface area contributed by atoms with E-state index in [-0.39, 0.29) is 11.9 Å². The first kappa shape index (κ1) is 16.5. The summed E-state index contributed by atoms with van der Waals surface area (Å²) in [6, 6.07) is 9.56. The molecule has 0 bridgehead atoms. The molecule has 0 aliphatic carbocycles. The van der Waals surface area contributed by atoms with Gasteiger partial charge in [-0.3, -0.25) is 4.79 Å². The van der Waals surface area contributed by atoms with Crippen LogP contribution in [0.5, 0.6) is 0 Å². The summed E-state index contributed by atoms with van der Waals surface area (Å²) in [5.74, 6) is -0.169. The quantitative estimate of drug-likeness (QED) is 0.791. The number of aromatic nitrogens is 3. The predicted molar refractivity (Wildman–Crippen MR) is 94.5 cm³/mol. The van der Waals surface area contributed by atoms with E-state index in [1.807, 2.05) is 51.1 Å². The summed E-state index contributed by atoms with van der Waals surface area (Å²) in [6.45, 7) is 5.82. The molecule has 0 aliphatic rings. The number of carbonyl (C=O) groups excluding carboxylic acids is 1. The highest BCUT2D eigenvalue weighted by molar-refractivity contribution is 6.30. The lowest BCUT2D eigenvalue weighted by Gasteiger charge is -2.13. The second-order valence-electron chi connectivity index (χ2n) is 6.04. The van der Waals surface area contributed by atoms with Gasteiger partial charge in [0.05, 0.1) is 6.20 Å². The summed E-state index contributed by atoms with van der Waals surface area (Å²) in [5.41, 5.74) is 3.96. The highest BCUT2D eigenvalue weighted by Crippen LogP contribution is 2.14. The van der Waals surface area contributed by atoms with Gasteiger partial charge in [0.15, 0.2) is 5.65 Å². The third-order valence-corrected chi connectivity index (χ3v) is 4.07. The van der Waals surface area contributed by atoms with Crippen LogP contribution in [-0.2, 0) is 6.42 Å². The van der Waals surface area contributed by atoms with Gasteiger partial charge in [-0.15, -0.1) is 0 Å². The predicted octanol–water partition coefficient (Wildman–Crippen LogP) is 3.36. The molecule has 2 heterocycles. The minimum Gasteiger partial charge on any atom is -0.349 e. The van der Waals surface area contributed by atoms with Crippen LogP contribution in [0.4, 0.5) is 0 Å². The van der Waals surface area contributed by atoms with Gasteiger partial charge >= 0.3 is 0 Å². The van der Waals surface area contributed by atoms with Gasteiger partial charge in [0.2, 0.25) is 0 Å². The smallest absolute Gasteiger partial charge is 0.256 e. The molecule has 24 heavy (non-hydrogen) atoms. The lowest BCUT2D eigenvalue weighted by atomic mass is 10.1. The van der Waals surface area contributed by atoms with Crippen LogP contribution in [0.2, 0.25) is 5.02 Å². The molecular weight excluding hydrogens is 324 g/mol. The summed E-state index contributed by atoms with van der Waals surface area (Å²) < 4.78 is 1.68. The fraction of sp³-hybridized carbons (Fsp3) is 0.278. The Labute approximate surface area is 145 Å². The molecule has 0 unspecified atom stereocenters. The van der Waals surface area contributed by atoms with Crippen LogP contribution in [0.3, 0.4) is 0 Å².